The van der Waals surface area contributed by atoms with Crippen LogP contribution in [0.25, 0.3) is 11.4 Å². The first-order chi connectivity index (χ1) is 15.5. The molecule has 2 heterocycles. The van der Waals surface area contributed by atoms with Gasteiger partial charge in [-0.3, -0.25) is 9.69 Å². The highest BCUT2D eigenvalue weighted by Crippen LogP contribution is 2.40. The lowest BCUT2D eigenvalue weighted by Crippen LogP contribution is -2.36. The number of hydrogen-bond acceptors (Lipinski definition) is 8. The van der Waals surface area contributed by atoms with Crippen molar-refractivity contribution in [2.45, 2.75) is 25.4 Å². The summed E-state index contributed by atoms with van der Waals surface area (Å²) in [5.74, 6) is 1.38. The Morgan fingerprint density at radius 2 is 1.88 bits per heavy atom. The normalized spacial score (nSPS) is 15.8. The molecule has 0 saturated heterocycles. The fraction of sp³-hybridized carbons (Fsp3) is 0.348. The van der Waals surface area contributed by atoms with E-state index in [0.717, 1.165) is 17.5 Å². The number of esters is 1. The van der Waals surface area contributed by atoms with Crippen LogP contribution in [0.4, 0.5) is 4.39 Å². The van der Waals surface area contributed by atoms with Crippen LogP contribution in [0.15, 0.2) is 40.9 Å². The quantitative estimate of drug-likeness (QED) is 0.515. The lowest BCUT2D eigenvalue weighted by molar-refractivity contribution is -0.142. The molecule has 1 atom stereocenters. The van der Waals surface area contributed by atoms with E-state index in [4.69, 9.17) is 18.7 Å². The third-order valence-electron chi connectivity index (χ3n) is 5.61. The van der Waals surface area contributed by atoms with Gasteiger partial charge in [-0.25, -0.2) is 4.39 Å². The minimum absolute atomic E-state index is 0.165. The van der Waals surface area contributed by atoms with Gasteiger partial charge in [0.15, 0.2) is 11.5 Å². The molecule has 1 unspecified atom stereocenters. The van der Waals surface area contributed by atoms with E-state index >= 15 is 0 Å². The van der Waals surface area contributed by atoms with Crippen LogP contribution in [0, 0.1) is 5.82 Å². The van der Waals surface area contributed by atoms with Crippen LogP contribution in [0.1, 0.15) is 29.5 Å². The predicted octanol–water partition coefficient (Wildman–Crippen LogP) is 3.56. The van der Waals surface area contributed by atoms with Crippen molar-refractivity contribution < 1.29 is 27.9 Å². The van der Waals surface area contributed by atoms with Gasteiger partial charge < -0.3 is 18.7 Å². The van der Waals surface area contributed by atoms with E-state index in [1.807, 2.05) is 12.1 Å². The van der Waals surface area contributed by atoms with Crippen LogP contribution >= 0.6 is 0 Å². The number of rotatable bonds is 7. The van der Waals surface area contributed by atoms with Crippen molar-refractivity contribution >= 4 is 5.97 Å². The van der Waals surface area contributed by atoms with Crippen molar-refractivity contribution in [1.29, 1.82) is 0 Å². The minimum atomic E-state index is -0.331. The van der Waals surface area contributed by atoms with Gasteiger partial charge in [0.1, 0.15) is 5.82 Å². The van der Waals surface area contributed by atoms with Crippen LogP contribution in [0.5, 0.6) is 11.5 Å². The molecular formula is C23H24FN3O5. The molecule has 0 fully saturated rings. The Balaban J connectivity index is 1.62. The first kappa shape index (κ1) is 21.8. The third kappa shape index (κ3) is 4.43. The number of benzene rings is 2. The summed E-state index contributed by atoms with van der Waals surface area (Å²) in [7, 11) is 4.55. The number of carbonyl (C=O) groups is 1. The molecule has 0 aliphatic carbocycles. The molecule has 4 rings (SSSR count). The standard InChI is InChI=1S/C23H24FN3O5/c1-29-19-10-15-8-9-27(18(12-22(28)31-3)17(15)11-20(19)30-2)13-21-25-23(26-32-21)14-4-6-16(24)7-5-14/h4-7,10-11,18H,8-9,12-13H2,1-3H3. The predicted molar refractivity (Wildman–Crippen MR) is 113 cm³/mol. The second-order valence-electron chi connectivity index (χ2n) is 7.44. The number of halogens is 1. The van der Waals surface area contributed by atoms with Gasteiger partial charge in [-0.1, -0.05) is 5.16 Å². The number of methoxy groups -OCH3 is 3. The Morgan fingerprint density at radius 3 is 2.56 bits per heavy atom. The highest BCUT2D eigenvalue weighted by Gasteiger charge is 2.32. The summed E-state index contributed by atoms with van der Waals surface area (Å²) in [5.41, 5.74) is 2.72. The summed E-state index contributed by atoms with van der Waals surface area (Å²) >= 11 is 0. The van der Waals surface area contributed by atoms with Gasteiger partial charge in [0.25, 0.3) is 0 Å². The Labute approximate surface area is 184 Å². The van der Waals surface area contributed by atoms with Gasteiger partial charge in [-0.05, 0) is 53.9 Å². The summed E-state index contributed by atoms with van der Waals surface area (Å²) in [6, 6.07) is 9.50. The number of nitrogens with zero attached hydrogens (tertiary/aromatic N) is 3. The zero-order valence-electron chi connectivity index (χ0n) is 18.1. The molecule has 1 aliphatic rings. The summed E-state index contributed by atoms with van der Waals surface area (Å²) < 4.78 is 34.5. The molecule has 32 heavy (non-hydrogen) atoms. The second-order valence-corrected chi connectivity index (χ2v) is 7.44. The lowest BCUT2D eigenvalue weighted by Gasteiger charge is -2.36. The van der Waals surface area contributed by atoms with E-state index in [-0.39, 0.29) is 24.2 Å². The largest absolute Gasteiger partial charge is 0.493 e. The average Bonchev–Trinajstić information content (AvgIpc) is 3.28. The summed E-state index contributed by atoms with van der Waals surface area (Å²) in [6.45, 7) is 1.03. The van der Waals surface area contributed by atoms with Gasteiger partial charge in [-0.15, -0.1) is 0 Å². The number of aromatic nitrogens is 2. The number of ether oxygens (including phenoxy) is 3. The van der Waals surface area contributed by atoms with E-state index < -0.39 is 0 Å². The molecule has 3 aromatic rings. The van der Waals surface area contributed by atoms with Gasteiger partial charge in [0.05, 0.1) is 34.3 Å². The average molecular weight is 441 g/mol. The summed E-state index contributed by atoms with van der Waals surface area (Å²) in [5, 5.41) is 4.01. The number of carbonyl (C=O) groups excluding carboxylic acids is 1. The molecule has 168 valence electrons. The van der Waals surface area contributed by atoms with E-state index in [2.05, 4.69) is 15.0 Å². The maximum atomic E-state index is 13.2. The Hall–Kier alpha value is -3.46. The van der Waals surface area contributed by atoms with Crippen molar-refractivity contribution in [1.82, 2.24) is 15.0 Å². The van der Waals surface area contributed by atoms with Crippen molar-refractivity contribution in [2.75, 3.05) is 27.9 Å². The van der Waals surface area contributed by atoms with Crippen LogP contribution in [-0.2, 0) is 22.5 Å². The zero-order valence-corrected chi connectivity index (χ0v) is 18.1. The van der Waals surface area contributed by atoms with Crippen LogP contribution < -0.4 is 9.47 Å². The van der Waals surface area contributed by atoms with Gasteiger partial charge in [-0.2, -0.15) is 4.98 Å². The molecule has 0 spiro atoms. The van der Waals surface area contributed by atoms with Crippen molar-refractivity contribution in [2.24, 2.45) is 0 Å². The minimum Gasteiger partial charge on any atom is -0.493 e. The Morgan fingerprint density at radius 1 is 1.16 bits per heavy atom. The van der Waals surface area contributed by atoms with E-state index in [9.17, 15) is 9.18 Å². The van der Waals surface area contributed by atoms with Gasteiger partial charge >= 0.3 is 5.97 Å². The van der Waals surface area contributed by atoms with Crippen LogP contribution in [0.3, 0.4) is 0 Å². The lowest BCUT2D eigenvalue weighted by atomic mass is 9.90. The molecule has 2 aromatic carbocycles. The number of hydrogen-bond donors (Lipinski definition) is 0. The fourth-order valence-electron chi connectivity index (χ4n) is 3.96. The maximum Gasteiger partial charge on any atom is 0.307 e. The Bertz CT molecular complexity index is 1100. The SMILES string of the molecule is COC(=O)CC1c2cc(OC)c(OC)cc2CCN1Cc1nc(-c2ccc(F)cc2)no1. The third-order valence-corrected chi connectivity index (χ3v) is 5.61. The van der Waals surface area contributed by atoms with E-state index in [0.29, 0.717) is 41.9 Å². The van der Waals surface area contributed by atoms with Crippen LogP contribution in [-0.4, -0.2) is 48.9 Å². The Kier molecular flexibility index (Phi) is 6.36. The summed E-state index contributed by atoms with van der Waals surface area (Å²) in [6.07, 6.45) is 0.921. The first-order valence-corrected chi connectivity index (χ1v) is 10.2. The zero-order chi connectivity index (χ0) is 22.7. The van der Waals surface area contributed by atoms with Crippen molar-refractivity contribution in [3.05, 3.63) is 59.2 Å². The molecule has 1 aliphatic heterocycles. The molecule has 8 nitrogen and oxygen atoms in total. The smallest absolute Gasteiger partial charge is 0.307 e. The maximum absolute atomic E-state index is 13.2. The second kappa shape index (κ2) is 9.35. The molecule has 0 N–H and O–H groups in total. The fourth-order valence-corrected chi connectivity index (χ4v) is 3.96. The highest BCUT2D eigenvalue weighted by atomic mass is 19.1. The molecule has 0 radical (unpaired) electrons. The molecule has 0 bridgehead atoms. The van der Waals surface area contributed by atoms with Gasteiger partial charge in [0.2, 0.25) is 11.7 Å². The van der Waals surface area contributed by atoms with Crippen molar-refractivity contribution in [3.8, 4) is 22.9 Å². The molecule has 1 aromatic heterocycles. The van der Waals surface area contributed by atoms with E-state index in [1.54, 1.807) is 26.4 Å². The molecule has 0 amide bonds. The number of fused-ring (bicyclic) bond motifs is 1. The van der Waals surface area contributed by atoms with Crippen molar-refractivity contribution in [3.63, 3.8) is 0 Å². The molecular weight excluding hydrogens is 417 g/mol. The summed E-state index contributed by atoms with van der Waals surface area (Å²) in [4.78, 5) is 18.8. The molecule has 9 heteroatoms. The van der Waals surface area contributed by atoms with Gasteiger partial charge in [0, 0.05) is 18.2 Å². The topological polar surface area (TPSA) is 86.9 Å². The monoisotopic (exact) mass is 441 g/mol. The molecule has 0 saturated carbocycles. The first-order valence-electron chi connectivity index (χ1n) is 10.2. The van der Waals surface area contributed by atoms with E-state index in [1.165, 1.54) is 19.2 Å². The van der Waals surface area contributed by atoms with Crippen LogP contribution in [0.2, 0.25) is 0 Å². The highest BCUT2D eigenvalue weighted by molar-refractivity contribution is 5.70.